The molecule has 8 aromatic rings. The van der Waals surface area contributed by atoms with Crippen LogP contribution >= 0.6 is 11.6 Å². The Morgan fingerprint density at radius 1 is 0.652 bits per heavy atom. The third-order valence-corrected chi connectivity index (χ3v) is 10.2. The molecular weight excluding hydrogens is 848 g/mol. The predicted octanol–water partition coefficient (Wildman–Crippen LogP) is 13.1. The fourth-order valence-electron chi connectivity index (χ4n) is 6.63. The first kappa shape index (κ1) is 55.9. The van der Waals surface area contributed by atoms with E-state index in [-0.39, 0.29) is 13.5 Å². The minimum absolute atomic E-state index is 0. The highest BCUT2D eigenvalue weighted by Gasteiger charge is 2.19. The number of hydrogen-bond acceptors (Lipinski definition) is 9. The molecule has 66 heavy (non-hydrogen) atoms. The van der Waals surface area contributed by atoms with Gasteiger partial charge in [0.15, 0.2) is 11.0 Å². The van der Waals surface area contributed by atoms with Gasteiger partial charge in [-0.3, -0.25) is 9.25 Å². The number of imidazole rings is 2. The van der Waals surface area contributed by atoms with Gasteiger partial charge in [0.25, 0.3) is 5.82 Å². The van der Waals surface area contributed by atoms with Gasteiger partial charge in [-0.25, -0.2) is 24.3 Å². The highest BCUT2D eigenvalue weighted by atomic mass is 35.5. The van der Waals surface area contributed by atoms with Crippen LogP contribution in [0.4, 0.5) is 5.82 Å². The van der Waals surface area contributed by atoms with Gasteiger partial charge in [-0.1, -0.05) is 68.4 Å². The number of unbranched alkanes of at least 4 members (excludes halogenated alkanes) is 1. The smallest absolute Gasteiger partial charge is 0.268 e. The zero-order valence-corrected chi connectivity index (χ0v) is 42.0. The van der Waals surface area contributed by atoms with E-state index < -0.39 is 0 Å². The average molecular weight is 924 g/mol. The van der Waals surface area contributed by atoms with Crippen molar-refractivity contribution < 1.29 is 0 Å². The van der Waals surface area contributed by atoms with E-state index >= 15 is 0 Å². The number of aryl methyl sites for hydroxylation is 3. The Kier molecular flexibility index (Phi) is 23.7. The van der Waals surface area contributed by atoms with Gasteiger partial charge >= 0.3 is 0 Å². The number of tetrazole rings is 1. The first-order chi connectivity index (χ1) is 30.9. The zero-order chi connectivity index (χ0) is 48.2. The minimum Gasteiger partial charge on any atom is -0.361 e. The lowest BCUT2D eigenvalue weighted by Crippen LogP contribution is -2.05. The maximum absolute atomic E-state index is 7.09. The molecule has 0 unspecified atom stereocenters. The molecule has 0 bridgehead atoms. The molecule has 0 aliphatic heterocycles. The monoisotopic (exact) mass is 923 g/mol. The summed E-state index contributed by atoms with van der Waals surface area (Å²) >= 11 is 5.93. The van der Waals surface area contributed by atoms with E-state index in [1.165, 1.54) is 16.9 Å². The molecule has 0 aliphatic rings. The quantitative estimate of drug-likeness (QED) is 0.129. The lowest BCUT2D eigenvalue weighted by atomic mass is 10.2. The second kappa shape index (κ2) is 28.0. The van der Waals surface area contributed by atoms with E-state index in [9.17, 15) is 0 Å². The van der Waals surface area contributed by atoms with Gasteiger partial charge in [-0.15, -0.1) is 10.2 Å². The van der Waals surface area contributed by atoms with E-state index in [1.54, 1.807) is 28.3 Å². The van der Waals surface area contributed by atoms with E-state index in [1.807, 2.05) is 85.7 Å². The molecule has 6 aromatic heterocycles. The molecule has 0 aliphatic carbocycles. The van der Waals surface area contributed by atoms with E-state index in [0.29, 0.717) is 41.2 Å². The zero-order valence-electron chi connectivity index (χ0n) is 41.2. The van der Waals surface area contributed by atoms with Crippen LogP contribution in [0.2, 0.25) is 5.15 Å². The van der Waals surface area contributed by atoms with Crippen LogP contribution in [0, 0.1) is 20.4 Å². The van der Waals surface area contributed by atoms with Crippen LogP contribution in [0.25, 0.3) is 26.9 Å². The lowest BCUT2D eigenvalue weighted by molar-refractivity contribution is 0.514. The van der Waals surface area contributed by atoms with Gasteiger partial charge in [-0.2, -0.15) is 5.10 Å². The molecule has 0 amide bonds. The third-order valence-electron chi connectivity index (χ3n) is 9.90. The number of nitrogens with zero attached hydrogens (tertiary/aromatic N) is 16. The summed E-state index contributed by atoms with van der Waals surface area (Å²) in [5, 5.41) is 23.0. The average Bonchev–Trinajstić information content (AvgIpc) is 4.13. The highest BCUT2D eigenvalue weighted by molar-refractivity contribution is 6.31. The van der Waals surface area contributed by atoms with Crippen molar-refractivity contribution in [1.82, 2.24) is 73.6 Å². The highest BCUT2D eigenvalue weighted by Crippen LogP contribution is 2.30. The Labute approximate surface area is 398 Å². The van der Waals surface area contributed by atoms with Crippen molar-refractivity contribution in [3.63, 3.8) is 0 Å². The molecule has 17 heteroatoms. The maximum atomic E-state index is 7.09. The number of fused-ring (bicyclic) bond motifs is 2. The summed E-state index contributed by atoms with van der Waals surface area (Å²) in [5.74, 6) is 1.40. The van der Waals surface area contributed by atoms with Crippen LogP contribution in [0.5, 0.6) is 0 Å². The van der Waals surface area contributed by atoms with Gasteiger partial charge < -0.3 is 14.0 Å². The molecule has 0 saturated carbocycles. The standard InChI is InChI=1S/C11H16ClN3.C10H12N2.C9H11N3.C9H15N.C5H9N3.C4H8N4.CH4/c1-5-6-7-9-14-10(12)11(13-4)15(9)8(2)3;1-8(2)12-7-11-9-5-3-4-6-10(9)12;1-7(2)12-9-6-4-3-5-8(9)10-11-12;1-7(2)10-8(3)5-6-9(10)4;1-5(2)8-4-6-3-7-8;1-4(2)8-3-5-6-7-8;/h8H,5-7H2,1-3H3;3-8H,1-2H3;3-7H,1-2H3;5-7H,1-4H3;3-5H,1-2H3;3-4H,1-2H3;1H4. The number of para-hydroxylation sites is 3. The first-order valence-corrected chi connectivity index (χ1v) is 22.9. The largest absolute Gasteiger partial charge is 0.361 e. The summed E-state index contributed by atoms with van der Waals surface area (Å²) in [6.45, 7) is 38.7. The van der Waals surface area contributed by atoms with Crippen molar-refractivity contribution in [1.29, 1.82) is 0 Å². The van der Waals surface area contributed by atoms with Crippen LogP contribution in [-0.4, -0.2) is 73.6 Å². The van der Waals surface area contributed by atoms with E-state index in [4.69, 9.17) is 18.2 Å². The second-order valence-corrected chi connectivity index (χ2v) is 17.5. The summed E-state index contributed by atoms with van der Waals surface area (Å²) in [6, 6.07) is 23.0. The molecule has 358 valence electrons. The Balaban J connectivity index is 0.000000275. The van der Waals surface area contributed by atoms with Crippen molar-refractivity contribution in [3.05, 3.63) is 120 Å². The summed E-state index contributed by atoms with van der Waals surface area (Å²) in [5.41, 5.74) is 7.07. The number of hydrogen-bond donors (Lipinski definition) is 0. The van der Waals surface area contributed by atoms with Crippen LogP contribution in [0.1, 0.15) is 164 Å². The second-order valence-electron chi connectivity index (χ2n) is 17.1. The van der Waals surface area contributed by atoms with Crippen molar-refractivity contribution in [3.8, 4) is 0 Å². The van der Waals surface area contributed by atoms with E-state index in [0.717, 1.165) is 41.6 Å². The predicted molar refractivity (Wildman–Crippen MR) is 270 cm³/mol. The Hall–Kier alpha value is -6.21. The van der Waals surface area contributed by atoms with Crippen molar-refractivity contribution >= 4 is 39.5 Å². The summed E-state index contributed by atoms with van der Waals surface area (Å²) in [7, 11) is 0. The number of halogens is 1. The Bertz CT molecular complexity index is 2430. The molecule has 6 heterocycles. The van der Waals surface area contributed by atoms with Crippen LogP contribution < -0.4 is 0 Å². The SMILES string of the molecule is C.CC(C)n1cnc2ccccc21.CC(C)n1cncn1.CC(C)n1cnnn1.CC(C)n1nnc2ccccc21.Cc1ccc(C)n1C(C)C.[C-]#[N+]c1c(Cl)nc(CCCC)n1C(C)C. The lowest BCUT2D eigenvalue weighted by Gasteiger charge is -2.12. The molecule has 8 rings (SSSR count). The summed E-state index contributed by atoms with van der Waals surface area (Å²) in [6.07, 6.45) is 9.85. The van der Waals surface area contributed by atoms with Gasteiger partial charge in [0.05, 0.1) is 28.9 Å². The molecule has 0 saturated heterocycles. The van der Waals surface area contributed by atoms with Crippen LogP contribution in [0.3, 0.4) is 0 Å². The third kappa shape index (κ3) is 16.3. The Morgan fingerprint density at radius 3 is 1.68 bits per heavy atom. The Morgan fingerprint density at radius 2 is 1.24 bits per heavy atom. The normalized spacial score (nSPS) is 10.7. The fourth-order valence-corrected chi connectivity index (χ4v) is 6.87. The van der Waals surface area contributed by atoms with Gasteiger partial charge in [0.2, 0.25) is 0 Å². The van der Waals surface area contributed by atoms with Crippen LogP contribution in [0.15, 0.2) is 86.0 Å². The van der Waals surface area contributed by atoms with Gasteiger partial charge in [0, 0.05) is 48.0 Å². The first-order valence-electron chi connectivity index (χ1n) is 22.5. The molecule has 0 N–H and O–H groups in total. The topological polar surface area (TPSA) is 150 Å². The maximum Gasteiger partial charge on any atom is 0.268 e. The number of rotatable bonds is 9. The number of aromatic nitrogens is 15. The molecule has 0 spiro atoms. The van der Waals surface area contributed by atoms with Crippen LogP contribution in [-0.2, 0) is 6.42 Å². The van der Waals surface area contributed by atoms with Crippen molar-refractivity contribution in [2.75, 3.05) is 0 Å². The number of benzene rings is 2. The molecule has 0 atom stereocenters. The molecule has 0 radical (unpaired) electrons. The minimum atomic E-state index is 0. The van der Waals surface area contributed by atoms with E-state index in [2.05, 4.69) is 154 Å². The molecular formula is C49H75ClN16. The van der Waals surface area contributed by atoms with Gasteiger partial charge in [0.1, 0.15) is 24.5 Å². The molecule has 2 aromatic carbocycles. The molecule has 16 nitrogen and oxygen atoms in total. The fraction of sp³-hybridized carbons (Fsp3) is 0.510. The summed E-state index contributed by atoms with van der Waals surface area (Å²) < 4.78 is 11.9. The molecule has 0 fully saturated rings. The van der Waals surface area contributed by atoms with Crippen molar-refractivity contribution in [2.45, 2.75) is 167 Å². The summed E-state index contributed by atoms with van der Waals surface area (Å²) in [4.78, 5) is 15.8. The van der Waals surface area contributed by atoms with Gasteiger partial charge in [-0.05, 0) is 150 Å². The van der Waals surface area contributed by atoms with Crippen molar-refractivity contribution in [2.24, 2.45) is 0 Å².